The maximum absolute atomic E-state index is 0. The Labute approximate surface area is 75.1 Å². The van der Waals surface area contributed by atoms with Gasteiger partial charge in [-0.25, -0.2) is 0 Å². The molecule has 0 bridgehead atoms. The SMILES string of the molecule is O.O.O.O.O.[O-2].[O-2].[O-2].[U]. The predicted molar refractivity (Wildman–Crippen MR) is 20.1 cm³/mol. The molecule has 0 amide bonds. The maximum atomic E-state index is 0. The summed E-state index contributed by atoms with van der Waals surface area (Å²) < 4.78 is 0. The normalized spacial score (nSPS) is 0. The molecule has 0 saturated heterocycles. The molecule has 0 spiro atoms. The van der Waals surface area contributed by atoms with Gasteiger partial charge in [-0.1, -0.05) is 0 Å². The summed E-state index contributed by atoms with van der Waals surface area (Å²) in [7, 11) is 0. The molecule has 0 aromatic carbocycles. The first kappa shape index (κ1) is 1390. The van der Waals surface area contributed by atoms with Crippen LogP contribution in [0.2, 0.25) is 0 Å². The Morgan fingerprint density at radius 1 is 0.333 bits per heavy atom. The molecule has 0 heterocycles. The Bertz CT molecular complexity index is 4.53. The van der Waals surface area contributed by atoms with E-state index in [2.05, 4.69) is 0 Å². The molecule has 0 fully saturated rings. The largest absolute Gasteiger partial charge is 2.00 e. The smallest absolute Gasteiger partial charge is 0 e. The maximum Gasteiger partial charge on any atom is 0 e. The van der Waals surface area contributed by atoms with E-state index in [1.54, 1.807) is 0 Å². The molecule has 0 saturated carbocycles. The molecule has 0 unspecified atom stereocenters. The van der Waals surface area contributed by atoms with E-state index in [-0.39, 0.29) is 74.9 Å². The average Bonchev–Trinajstić information content (AvgIpc) is 0. The molecule has 0 aliphatic heterocycles. The van der Waals surface area contributed by atoms with Crippen molar-refractivity contribution in [1.29, 1.82) is 0 Å². The Morgan fingerprint density at radius 3 is 0.333 bits per heavy atom. The first-order chi connectivity index (χ1) is 0. The van der Waals surface area contributed by atoms with Crippen LogP contribution in [0.4, 0.5) is 0 Å². The summed E-state index contributed by atoms with van der Waals surface area (Å²) in [6.45, 7) is 0. The van der Waals surface area contributed by atoms with Crippen LogP contribution >= 0.6 is 0 Å². The third-order valence-electron chi connectivity index (χ3n) is 0. The molecule has 8 nitrogen and oxygen atoms in total. The van der Waals surface area contributed by atoms with Crippen LogP contribution in [0, 0.1) is 31.1 Å². The van der Waals surface area contributed by atoms with Crippen LogP contribution in [-0.4, -0.2) is 27.4 Å². The van der Waals surface area contributed by atoms with Crippen molar-refractivity contribution in [1.82, 2.24) is 0 Å². The third-order valence-corrected chi connectivity index (χ3v) is 0. The Morgan fingerprint density at radius 2 is 0.333 bits per heavy atom. The van der Waals surface area contributed by atoms with Crippen molar-refractivity contribution >= 4 is 0 Å². The van der Waals surface area contributed by atoms with Crippen molar-refractivity contribution in [3.63, 3.8) is 0 Å². The van der Waals surface area contributed by atoms with E-state index < -0.39 is 0 Å². The fourth-order valence-electron chi connectivity index (χ4n) is 0. The van der Waals surface area contributed by atoms with Gasteiger partial charge in [-0.05, 0) is 0 Å². The zero-order chi connectivity index (χ0) is 0. The van der Waals surface area contributed by atoms with Gasteiger partial charge in [0.1, 0.15) is 0 Å². The van der Waals surface area contributed by atoms with Crippen LogP contribution in [-0.2, 0) is 16.4 Å². The first-order valence-corrected chi connectivity index (χ1v) is 0. The van der Waals surface area contributed by atoms with E-state index in [9.17, 15) is 0 Å². The summed E-state index contributed by atoms with van der Waals surface area (Å²) >= 11 is 0. The molecule has 0 radical (unpaired) electrons. The van der Waals surface area contributed by atoms with E-state index in [1.165, 1.54) is 0 Å². The summed E-state index contributed by atoms with van der Waals surface area (Å²) in [6.07, 6.45) is 0. The fraction of sp³-hybridized carbons (Fsp3) is 0. The standard InChI is InChI=1S/5H2O.3O.U/h5*1H2;;;;/q;;;;;3*-2;. The minimum atomic E-state index is 0. The van der Waals surface area contributed by atoms with Gasteiger partial charge in [0.15, 0.2) is 0 Å². The van der Waals surface area contributed by atoms with Gasteiger partial charge >= 0.3 is 0 Å². The Kier molecular flexibility index (Phi) is 150000. The van der Waals surface area contributed by atoms with Crippen LogP contribution in [0.1, 0.15) is 0 Å². The minimum absolute atomic E-state index is 0. The van der Waals surface area contributed by atoms with Gasteiger partial charge in [0.05, 0.1) is 0 Å². The van der Waals surface area contributed by atoms with Crippen molar-refractivity contribution < 1.29 is 74.9 Å². The average molecular weight is 376 g/mol. The molecule has 0 aromatic heterocycles. The molecule has 0 aliphatic rings. The zero-order valence-corrected chi connectivity index (χ0v) is 8.39. The fourth-order valence-corrected chi connectivity index (χ4v) is 0. The molecule has 0 atom stereocenters. The van der Waals surface area contributed by atoms with E-state index >= 15 is 0 Å². The molecule has 68 valence electrons. The number of rotatable bonds is 0. The molecule has 9 heavy (non-hydrogen) atoms. The first-order valence-electron chi connectivity index (χ1n) is 0. The molecule has 0 aromatic rings. The van der Waals surface area contributed by atoms with Crippen molar-refractivity contribution in [3.05, 3.63) is 0 Å². The summed E-state index contributed by atoms with van der Waals surface area (Å²) in [5.74, 6) is 0. The molecule has 9 heteroatoms. The quantitative estimate of drug-likeness (QED) is 0.388. The van der Waals surface area contributed by atoms with Crippen molar-refractivity contribution in [2.75, 3.05) is 0 Å². The summed E-state index contributed by atoms with van der Waals surface area (Å²) in [5, 5.41) is 0. The second-order valence-electron chi connectivity index (χ2n) is 0. The number of hydrogen-bond donors (Lipinski definition) is 0. The summed E-state index contributed by atoms with van der Waals surface area (Å²) in [5.41, 5.74) is 0. The van der Waals surface area contributed by atoms with Crippen LogP contribution in [0.25, 0.3) is 0 Å². The molecule has 0 rings (SSSR count). The van der Waals surface area contributed by atoms with Gasteiger partial charge in [0.2, 0.25) is 0 Å². The Balaban J connectivity index is 0. The van der Waals surface area contributed by atoms with Gasteiger partial charge < -0.3 is 43.8 Å². The van der Waals surface area contributed by atoms with Gasteiger partial charge in [-0.15, -0.1) is 0 Å². The second-order valence-corrected chi connectivity index (χ2v) is 0. The van der Waals surface area contributed by atoms with Crippen molar-refractivity contribution in [2.45, 2.75) is 0 Å². The van der Waals surface area contributed by atoms with Crippen LogP contribution in [0.5, 0.6) is 0 Å². The molecular formula is H10O8U-6. The minimum Gasteiger partial charge on any atom is -2.00 e. The Hall–Kier alpha value is 0.732. The van der Waals surface area contributed by atoms with Gasteiger partial charge in [-0.3, -0.25) is 0 Å². The van der Waals surface area contributed by atoms with Gasteiger partial charge in [0, 0.05) is 31.1 Å². The monoisotopic (exact) mass is 376 g/mol. The molecular weight excluding hydrogens is 366 g/mol. The van der Waals surface area contributed by atoms with Crippen LogP contribution < -0.4 is 0 Å². The molecule has 10 N–H and O–H groups in total. The summed E-state index contributed by atoms with van der Waals surface area (Å²) in [6, 6.07) is 0. The van der Waals surface area contributed by atoms with Crippen LogP contribution in [0.3, 0.4) is 0 Å². The topological polar surface area (TPSA) is 243 Å². The van der Waals surface area contributed by atoms with E-state index in [4.69, 9.17) is 0 Å². The summed E-state index contributed by atoms with van der Waals surface area (Å²) in [4.78, 5) is 0. The molecule has 0 aliphatic carbocycles. The van der Waals surface area contributed by atoms with E-state index in [1.807, 2.05) is 0 Å². The second kappa shape index (κ2) is 974. The number of hydrogen-bond acceptors (Lipinski definition) is 0. The van der Waals surface area contributed by atoms with Crippen molar-refractivity contribution in [3.8, 4) is 0 Å². The van der Waals surface area contributed by atoms with Crippen molar-refractivity contribution in [2.24, 2.45) is 0 Å². The van der Waals surface area contributed by atoms with E-state index in [0.717, 1.165) is 0 Å². The predicted octanol–water partition coefficient (Wildman–Crippen LogP) is -4.48. The zero-order valence-electron chi connectivity index (χ0n) is 4.22. The van der Waals surface area contributed by atoms with E-state index in [0.29, 0.717) is 0 Å². The third kappa shape index (κ3) is 739. The van der Waals surface area contributed by atoms with Gasteiger partial charge in [0.25, 0.3) is 0 Å². The van der Waals surface area contributed by atoms with Gasteiger partial charge in [-0.2, -0.15) is 0 Å². The van der Waals surface area contributed by atoms with Crippen LogP contribution in [0.15, 0.2) is 0 Å².